The Morgan fingerprint density at radius 3 is 2.29 bits per heavy atom. The number of halogens is 4. The first-order valence-corrected chi connectivity index (χ1v) is 3.42. The molecule has 0 heterocycles. The van der Waals surface area contributed by atoms with Crippen LogP contribution >= 0.6 is 0 Å². The van der Waals surface area contributed by atoms with E-state index in [9.17, 15) is 22.4 Å². The minimum Gasteiger partial charge on any atom is -0.505 e. The van der Waals surface area contributed by atoms with Crippen molar-refractivity contribution in [3.05, 3.63) is 29.6 Å². The maximum absolute atomic E-state index is 12.6. The third kappa shape index (κ3) is 2.01. The monoisotopic (exact) mass is 208 g/mol. The van der Waals surface area contributed by atoms with Gasteiger partial charge in [-0.3, -0.25) is 4.79 Å². The molecule has 0 aliphatic heterocycles. The molecule has 1 rings (SSSR count). The van der Waals surface area contributed by atoms with Crippen molar-refractivity contribution in [2.24, 2.45) is 0 Å². The van der Waals surface area contributed by atoms with E-state index in [2.05, 4.69) is 0 Å². The summed E-state index contributed by atoms with van der Waals surface area (Å²) < 4.78 is 48.1. The van der Waals surface area contributed by atoms with Gasteiger partial charge in [0, 0.05) is 5.56 Å². The van der Waals surface area contributed by atoms with Gasteiger partial charge in [-0.1, -0.05) is 0 Å². The highest BCUT2D eigenvalue weighted by atomic mass is 19.4. The molecule has 76 valence electrons. The number of alkyl halides is 3. The molecule has 0 atom stereocenters. The molecule has 0 unspecified atom stereocenters. The van der Waals surface area contributed by atoms with E-state index in [0.29, 0.717) is 18.2 Å². The number of carbonyl (C=O) groups is 1. The van der Waals surface area contributed by atoms with Crippen LogP contribution in [-0.2, 0) is 0 Å². The molecule has 0 bridgehead atoms. The van der Waals surface area contributed by atoms with Crippen molar-refractivity contribution < 1.29 is 27.5 Å². The highest BCUT2D eigenvalue weighted by Crippen LogP contribution is 2.24. The van der Waals surface area contributed by atoms with Gasteiger partial charge in [0.2, 0.25) is 0 Å². The standard InChI is InChI=1S/C8H4F4O2/c9-5-3-4(1-2-6(5)13)7(14)8(10,11)12/h1-3,13H. The summed E-state index contributed by atoms with van der Waals surface area (Å²) in [5.41, 5.74) is -0.840. The Morgan fingerprint density at radius 2 is 1.86 bits per heavy atom. The number of phenolic OH excluding ortho intramolecular Hbond substituents is 1. The van der Waals surface area contributed by atoms with E-state index in [1.54, 1.807) is 0 Å². The van der Waals surface area contributed by atoms with Gasteiger partial charge in [0.1, 0.15) is 0 Å². The zero-order valence-electron chi connectivity index (χ0n) is 6.60. The van der Waals surface area contributed by atoms with E-state index < -0.39 is 29.1 Å². The summed E-state index contributed by atoms with van der Waals surface area (Å²) in [5, 5.41) is 8.66. The van der Waals surface area contributed by atoms with Gasteiger partial charge < -0.3 is 5.11 Å². The molecule has 0 fully saturated rings. The summed E-state index contributed by atoms with van der Waals surface area (Å²) in [7, 11) is 0. The van der Waals surface area contributed by atoms with Crippen LogP contribution < -0.4 is 0 Å². The van der Waals surface area contributed by atoms with Crippen LogP contribution in [0, 0.1) is 5.82 Å². The Labute approximate surface area is 75.8 Å². The summed E-state index contributed by atoms with van der Waals surface area (Å²) in [4.78, 5) is 10.6. The van der Waals surface area contributed by atoms with Crippen molar-refractivity contribution in [1.29, 1.82) is 0 Å². The molecule has 0 aromatic heterocycles. The Morgan fingerprint density at radius 1 is 1.29 bits per heavy atom. The fourth-order valence-corrected chi connectivity index (χ4v) is 0.812. The van der Waals surface area contributed by atoms with E-state index in [-0.39, 0.29) is 0 Å². The molecule has 1 aromatic rings. The lowest BCUT2D eigenvalue weighted by Crippen LogP contribution is -2.22. The number of ketones is 1. The molecule has 0 saturated carbocycles. The predicted molar refractivity (Wildman–Crippen MR) is 38.5 cm³/mol. The second-order valence-corrected chi connectivity index (χ2v) is 2.49. The van der Waals surface area contributed by atoms with Crippen LogP contribution in [-0.4, -0.2) is 17.1 Å². The number of aromatic hydroxyl groups is 1. The molecule has 0 saturated heterocycles. The van der Waals surface area contributed by atoms with Crippen molar-refractivity contribution >= 4 is 5.78 Å². The predicted octanol–water partition coefficient (Wildman–Crippen LogP) is 2.28. The van der Waals surface area contributed by atoms with Gasteiger partial charge >= 0.3 is 6.18 Å². The first-order valence-electron chi connectivity index (χ1n) is 3.42. The zero-order valence-corrected chi connectivity index (χ0v) is 6.60. The molecule has 1 N–H and O–H groups in total. The Kier molecular flexibility index (Phi) is 2.46. The van der Waals surface area contributed by atoms with E-state index in [0.717, 1.165) is 0 Å². The fourth-order valence-electron chi connectivity index (χ4n) is 0.812. The van der Waals surface area contributed by atoms with Crippen LogP contribution in [0.15, 0.2) is 18.2 Å². The number of benzene rings is 1. The average molecular weight is 208 g/mol. The smallest absolute Gasteiger partial charge is 0.454 e. The number of Topliss-reactive ketones (excluding diaryl/α,β-unsaturated/α-hetero) is 1. The Bertz CT molecular complexity index is 370. The third-order valence-electron chi connectivity index (χ3n) is 1.47. The lowest BCUT2D eigenvalue weighted by atomic mass is 10.1. The largest absolute Gasteiger partial charge is 0.505 e. The maximum atomic E-state index is 12.6. The lowest BCUT2D eigenvalue weighted by molar-refractivity contribution is -0.0885. The molecule has 0 amide bonds. The van der Waals surface area contributed by atoms with E-state index in [1.807, 2.05) is 0 Å². The number of hydrogen-bond donors (Lipinski definition) is 1. The molecule has 14 heavy (non-hydrogen) atoms. The van der Waals surface area contributed by atoms with Crippen LogP contribution in [0.2, 0.25) is 0 Å². The SMILES string of the molecule is O=C(c1ccc(O)c(F)c1)C(F)(F)F. The summed E-state index contributed by atoms with van der Waals surface area (Å²) in [6.07, 6.45) is -5.04. The second kappa shape index (κ2) is 3.28. The summed E-state index contributed by atoms with van der Waals surface area (Å²) in [6, 6.07) is 1.73. The Hall–Kier alpha value is -1.59. The number of hydrogen-bond acceptors (Lipinski definition) is 2. The van der Waals surface area contributed by atoms with Crippen LogP contribution in [0.1, 0.15) is 10.4 Å². The highest BCUT2D eigenvalue weighted by molar-refractivity contribution is 6.00. The van der Waals surface area contributed by atoms with E-state index in [4.69, 9.17) is 5.11 Å². The molecule has 0 radical (unpaired) electrons. The first kappa shape index (κ1) is 10.5. The van der Waals surface area contributed by atoms with Crippen molar-refractivity contribution in [1.82, 2.24) is 0 Å². The molecular formula is C8H4F4O2. The van der Waals surface area contributed by atoms with Gasteiger partial charge in [-0.2, -0.15) is 13.2 Å². The summed E-state index contributed by atoms with van der Waals surface area (Å²) in [6.45, 7) is 0. The zero-order chi connectivity index (χ0) is 10.9. The molecule has 0 aliphatic rings. The maximum Gasteiger partial charge on any atom is 0.454 e. The van der Waals surface area contributed by atoms with Crippen LogP contribution in [0.5, 0.6) is 5.75 Å². The van der Waals surface area contributed by atoms with Crippen LogP contribution in [0.3, 0.4) is 0 Å². The number of carbonyl (C=O) groups excluding carboxylic acids is 1. The van der Waals surface area contributed by atoms with E-state index >= 15 is 0 Å². The van der Waals surface area contributed by atoms with Gasteiger partial charge in [-0.15, -0.1) is 0 Å². The van der Waals surface area contributed by atoms with Gasteiger partial charge in [0.15, 0.2) is 11.6 Å². The average Bonchev–Trinajstić information content (AvgIpc) is 2.07. The lowest BCUT2D eigenvalue weighted by Gasteiger charge is -2.05. The van der Waals surface area contributed by atoms with Gasteiger partial charge in [-0.25, -0.2) is 4.39 Å². The topological polar surface area (TPSA) is 37.3 Å². The van der Waals surface area contributed by atoms with Crippen molar-refractivity contribution in [3.63, 3.8) is 0 Å². The van der Waals surface area contributed by atoms with Crippen molar-refractivity contribution in [2.45, 2.75) is 6.18 Å². The molecular weight excluding hydrogens is 204 g/mol. The van der Waals surface area contributed by atoms with Crippen LogP contribution in [0.4, 0.5) is 17.6 Å². The highest BCUT2D eigenvalue weighted by Gasteiger charge is 2.39. The quantitative estimate of drug-likeness (QED) is 0.567. The molecule has 2 nitrogen and oxygen atoms in total. The van der Waals surface area contributed by atoms with Crippen molar-refractivity contribution in [2.75, 3.05) is 0 Å². The van der Waals surface area contributed by atoms with E-state index in [1.165, 1.54) is 0 Å². The minimum absolute atomic E-state index is 0.338. The number of rotatable bonds is 1. The molecule has 0 aliphatic carbocycles. The van der Waals surface area contributed by atoms with Gasteiger partial charge in [0.25, 0.3) is 5.78 Å². The summed E-state index contributed by atoms with van der Waals surface area (Å²) >= 11 is 0. The first-order chi connectivity index (χ1) is 6.32. The molecule has 0 spiro atoms. The van der Waals surface area contributed by atoms with Gasteiger partial charge in [0.05, 0.1) is 0 Å². The molecule has 1 aromatic carbocycles. The van der Waals surface area contributed by atoms with Gasteiger partial charge in [-0.05, 0) is 18.2 Å². The van der Waals surface area contributed by atoms with Crippen molar-refractivity contribution in [3.8, 4) is 5.75 Å². The second-order valence-electron chi connectivity index (χ2n) is 2.49. The Balaban J connectivity index is 3.10. The van der Waals surface area contributed by atoms with Crippen LogP contribution in [0.25, 0.3) is 0 Å². The minimum atomic E-state index is -5.04. The fraction of sp³-hybridized carbons (Fsp3) is 0.125. The number of phenols is 1. The third-order valence-corrected chi connectivity index (χ3v) is 1.47. The summed E-state index contributed by atoms with van der Waals surface area (Å²) in [5.74, 6) is -4.21. The normalized spacial score (nSPS) is 11.4. The molecule has 6 heteroatoms.